The lowest BCUT2D eigenvalue weighted by Gasteiger charge is -2.38. The molecule has 2 atom stereocenters. The van der Waals surface area contributed by atoms with Gasteiger partial charge in [-0.2, -0.15) is 0 Å². The second-order valence-corrected chi connectivity index (χ2v) is 16.7. The fraction of sp³-hybridized carbons (Fsp3) is 0.275. The van der Waals surface area contributed by atoms with Gasteiger partial charge in [0.05, 0.1) is 4.75 Å². The van der Waals surface area contributed by atoms with Crippen LogP contribution in [0.5, 0.6) is 0 Å². The van der Waals surface area contributed by atoms with Crippen molar-refractivity contribution in [1.29, 1.82) is 0 Å². The molecule has 5 heteroatoms. The molecule has 1 unspecified atom stereocenters. The third-order valence-electron chi connectivity index (χ3n) is 11.4. The third kappa shape index (κ3) is 8.69. The van der Waals surface area contributed by atoms with Gasteiger partial charge < -0.3 is 10.5 Å². The highest BCUT2D eigenvalue weighted by Crippen LogP contribution is 2.49. The molecule has 6 aromatic rings. The second kappa shape index (κ2) is 19.0. The summed E-state index contributed by atoms with van der Waals surface area (Å²) in [5, 5.41) is 0.514. The average Bonchev–Trinajstić information content (AvgIpc) is 3.26. The maximum absolute atomic E-state index is 14.8. The molecule has 56 heavy (non-hydrogen) atoms. The summed E-state index contributed by atoms with van der Waals surface area (Å²) in [6.45, 7) is 0. The Hall–Kier alpha value is -4.61. The summed E-state index contributed by atoms with van der Waals surface area (Å²) >= 11 is 8.74. The van der Waals surface area contributed by atoms with E-state index in [-0.39, 0.29) is 0 Å². The van der Waals surface area contributed by atoms with Crippen molar-refractivity contribution in [2.45, 2.75) is 80.1 Å². The number of benzene rings is 6. The van der Waals surface area contributed by atoms with E-state index in [1.165, 1.54) is 63.4 Å². The highest BCUT2D eigenvalue weighted by atomic mass is 35.5. The SMILES string of the molecule is N[C@H](CSC(c1ccccc1)(c1ccccc1)c1ccccc1)C(=O)OC(c1ccccc1)(c1ccc(C2CCCCCCCCC2)cc1)c1ccccc1Cl. The standard InChI is InChI=1S/C51H52ClNO2S/c52-47-33-21-20-32-46(47)50(41-24-12-6-13-25-41,42-36-34-40(35-37-42)39-22-10-4-2-1-3-5-11-23-39)55-49(54)48(53)38-56-51(43-26-14-7-15-27-43,44-28-16-8-17-29-44)45-30-18-9-19-31-45/h6-9,12-21,24-37,39,48H,1-5,10-11,22-23,38,53H2/t48-,50?/m1/s1. The molecule has 2 N–H and O–H groups in total. The molecule has 0 aliphatic heterocycles. The molecule has 0 saturated heterocycles. The van der Waals surface area contributed by atoms with E-state index in [2.05, 4.69) is 97.1 Å². The van der Waals surface area contributed by atoms with Gasteiger partial charge >= 0.3 is 5.97 Å². The van der Waals surface area contributed by atoms with Crippen molar-refractivity contribution in [3.05, 3.63) is 214 Å². The topological polar surface area (TPSA) is 52.3 Å². The van der Waals surface area contributed by atoms with Gasteiger partial charge in [-0.3, -0.25) is 4.79 Å². The number of ether oxygens (including phenoxy) is 1. The van der Waals surface area contributed by atoms with Crippen LogP contribution in [0.3, 0.4) is 0 Å². The Kier molecular flexibility index (Phi) is 13.5. The first-order valence-electron chi connectivity index (χ1n) is 20.2. The number of hydrogen-bond acceptors (Lipinski definition) is 4. The molecule has 0 bridgehead atoms. The van der Waals surface area contributed by atoms with Crippen molar-refractivity contribution >= 4 is 29.3 Å². The fourth-order valence-corrected chi connectivity index (χ4v) is 10.2. The minimum Gasteiger partial charge on any atom is -0.443 e. The average molecular weight is 779 g/mol. The quantitative estimate of drug-likeness (QED) is 0.0993. The van der Waals surface area contributed by atoms with Crippen molar-refractivity contribution in [1.82, 2.24) is 0 Å². The summed E-state index contributed by atoms with van der Waals surface area (Å²) < 4.78 is 6.28. The molecular formula is C51H52ClNO2S. The maximum atomic E-state index is 14.8. The van der Waals surface area contributed by atoms with Gasteiger partial charge in [-0.05, 0) is 47.1 Å². The van der Waals surface area contributed by atoms with E-state index >= 15 is 0 Å². The summed E-state index contributed by atoms with van der Waals surface area (Å²) in [5.41, 5.74) is 12.6. The Morgan fingerprint density at radius 1 is 0.571 bits per heavy atom. The van der Waals surface area contributed by atoms with Crippen LogP contribution in [0.1, 0.15) is 103 Å². The summed E-state index contributed by atoms with van der Waals surface area (Å²) in [5.74, 6) is 0.312. The monoisotopic (exact) mass is 777 g/mol. The highest BCUT2D eigenvalue weighted by Gasteiger charge is 2.44. The highest BCUT2D eigenvalue weighted by molar-refractivity contribution is 8.00. The van der Waals surface area contributed by atoms with E-state index in [0.29, 0.717) is 22.3 Å². The van der Waals surface area contributed by atoms with Gasteiger partial charge in [0, 0.05) is 27.5 Å². The zero-order chi connectivity index (χ0) is 38.6. The molecule has 3 nitrogen and oxygen atoms in total. The zero-order valence-electron chi connectivity index (χ0n) is 32.1. The number of nitrogens with two attached hydrogens (primary N) is 1. The first-order valence-corrected chi connectivity index (χ1v) is 21.6. The van der Waals surface area contributed by atoms with Crippen LogP contribution >= 0.6 is 23.4 Å². The van der Waals surface area contributed by atoms with Gasteiger partial charge in [0.15, 0.2) is 5.60 Å². The maximum Gasteiger partial charge on any atom is 0.325 e. The van der Waals surface area contributed by atoms with Gasteiger partial charge in [-0.15, -0.1) is 11.8 Å². The third-order valence-corrected chi connectivity index (χ3v) is 13.4. The molecule has 6 aromatic carbocycles. The Labute approximate surface area is 342 Å². The number of halogens is 1. The molecule has 1 fully saturated rings. The van der Waals surface area contributed by atoms with Crippen LogP contribution in [0, 0.1) is 0 Å². The smallest absolute Gasteiger partial charge is 0.325 e. The number of esters is 1. The van der Waals surface area contributed by atoms with Gasteiger partial charge in [0.2, 0.25) is 0 Å². The van der Waals surface area contributed by atoms with E-state index < -0.39 is 22.4 Å². The van der Waals surface area contributed by atoms with E-state index in [1.807, 2.05) is 72.8 Å². The number of rotatable bonds is 12. The van der Waals surface area contributed by atoms with Crippen molar-refractivity contribution in [2.75, 3.05) is 5.75 Å². The van der Waals surface area contributed by atoms with Crippen LogP contribution in [0.25, 0.3) is 0 Å². The summed E-state index contributed by atoms with van der Waals surface area (Å²) in [4.78, 5) is 14.8. The van der Waals surface area contributed by atoms with Gasteiger partial charge in [0.1, 0.15) is 6.04 Å². The van der Waals surface area contributed by atoms with Crippen LogP contribution in [-0.4, -0.2) is 17.8 Å². The van der Waals surface area contributed by atoms with Gasteiger partial charge in [-0.1, -0.05) is 220 Å². The lowest BCUT2D eigenvalue weighted by molar-refractivity contribution is -0.154. The van der Waals surface area contributed by atoms with Gasteiger partial charge in [-0.25, -0.2) is 0 Å². The number of thioether (sulfide) groups is 1. The molecule has 1 aliphatic rings. The van der Waals surface area contributed by atoms with E-state index in [1.54, 1.807) is 11.8 Å². The Morgan fingerprint density at radius 3 is 1.46 bits per heavy atom. The summed E-state index contributed by atoms with van der Waals surface area (Å²) in [6.07, 6.45) is 11.5. The number of hydrogen-bond donors (Lipinski definition) is 1. The second-order valence-electron chi connectivity index (χ2n) is 15.0. The molecule has 0 aromatic heterocycles. The Morgan fingerprint density at radius 2 is 0.982 bits per heavy atom. The predicted octanol–water partition coefficient (Wildman–Crippen LogP) is 12.8. The van der Waals surface area contributed by atoms with Crippen molar-refractivity contribution in [3.63, 3.8) is 0 Å². The Bertz CT molecular complexity index is 2000. The molecule has 7 rings (SSSR count). The zero-order valence-corrected chi connectivity index (χ0v) is 33.6. The van der Waals surface area contributed by atoms with E-state index in [4.69, 9.17) is 22.1 Å². The minimum atomic E-state index is -1.34. The predicted molar refractivity (Wildman–Crippen MR) is 234 cm³/mol. The molecule has 0 spiro atoms. The molecule has 1 aliphatic carbocycles. The van der Waals surface area contributed by atoms with E-state index in [0.717, 1.165) is 27.8 Å². The lowest BCUT2D eigenvalue weighted by atomic mass is 9.78. The molecule has 0 radical (unpaired) electrons. The molecule has 286 valence electrons. The van der Waals surface area contributed by atoms with Crippen LogP contribution in [0.4, 0.5) is 0 Å². The summed E-state index contributed by atoms with van der Waals surface area (Å²) in [7, 11) is 0. The number of carbonyl (C=O) groups is 1. The van der Waals surface area contributed by atoms with Gasteiger partial charge in [0.25, 0.3) is 0 Å². The van der Waals surface area contributed by atoms with Crippen LogP contribution in [0.15, 0.2) is 170 Å². The van der Waals surface area contributed by atoms with E-state index in [9.17, 15) is 4.79 Å². The minimum absolute atomic E-state index is 0.297. The molecular weight excluding hydrogens is 726 g/mol. The first-order chi connectivity index (χ1) is 27.5. The van der Waals surface area contributed by atoms with Crippen molar-refractivity contribution in [2.24, 2.45) is 5.73 Å². The van der Waals surface area contributed by atoms with Crippen LogP contribution in [-0.2, 0) is 19.9 Å². The fourth-order valence-electron chi connectivity index (χ4n) is 8.48. The van der Waals surface area contributed by atoms with Crippen molar-refractivity contribution in [3.8, 4) is 0 Å². The lowest BCUT2D eigenvalue weighted by Crippen LogP contribution is -2.43. The summed E-state index contributed by atoms with van der Waals surface area (Å²) in [6, 6.07) is 56.8. The number of carbonyl (C=O) groups excluding carboxylic acids is 1. The normalized spacial score (nSPS) is 16.0. The Balaban J connectivity index is 1.26. The largest absolute Gasteiger partial charge is 0.443 e. The van der Waals surface area contributed by atoms with Crippen LogP contribution < -0.4 is 5.73 Å². The molecule has 1 saturated carbocycles. The van der Waals surface area contributed by atoms with Crippen LogP contribution in [0.2, 0.25) is 5.02 Å². The van der Waals surface area contributed by atoms with Crippen molar-refractivity contribution < 1.29 is 9.53 Å². The molecule has 0 amide bonds. The first kappa shape index (κ1) is 39.6. The molecule has 0 heterocycles.